The molecule has 0 aliphatic rings. The fourth-order valence-corrected chi connectivity index (χ4v) is 1.21. The van der Waals surface area contributed by atoms with Gasteiger partial charge in [-0.15, -0.1) is 0 Å². The Kier molecular flexibility index (Phi) is 3.50. The number of aromatic nitrogens is 2. The molecule has 100 valence electrons. The van der Waals surface area contributed by atoms with Gasteiger partial charge in [0.15, 0.2) is 0 Å². The summed E-state index contributed by atoms with van der Waals surface area (Å²) < 4.78 is 45.2. The summed E-state index contributed by atoms with van der Waals surface area (Å²) >= 11 is 0. The largest absolute Gasteiger partial charge is 0.471 e. The first-order valence-corrected chi connectivity index (χ1v) is 5.09. The van der Waals surface area contributed by atoms with Crippen LogP contribution in [0.15, 0.2) is 34.9 Å². The highest BCUT2D eigenvalue weighted by Gasteiger charge is 2.39. The van der Waals surface area contributed by atoms with Crippen molar-refractivity contribution in [3.63, 3.8) is 0 Å². The van der Waals surface area contributed by atoms with Gasteiger partial charge in [-0.2, -0.15) is 18.2 Å². The lowest BCUT2D eigenvalue weighted by Crippen LogP contribution is -2.09. The van der Waals surface area contributed by atoms with Crippen molar-refractivity contribution in [1.82, 2.24) is 10.1 Å². The third-order valence-electron chi connectivity index (χ3n) is 2.06. The van der Waals surface area contributed by atoms with Crippen LogP contribution in [-0.2, 0) is 17.5 Å². The Balaban J connectivity index is 1.99. The number of ether oxygens (including phenoxy) is 1. The number of rotatable bonds is 3. The van der Waals surface area contributed by atoms with Crippen LogP contribution in [0.1, 0.15) is 22.1 Å². The van der Waals surface area contributed by atoms with E-state index in [0.717, 1.165) is 0 Å². The first-order valence-electron chi connectivity index (χ1n) is 5.09. The standard InChI is InChI=1S/C11H7F3N2O3/c12-11(13,14)10-15-8(16-19-10)9(17)18-6-7-4-2-1-3-5-7/h1-5H,6H2. The molecule has 0 aliphatic carbocycles. The summed E-state index contributed by atoms with van der Waals surface area (Å²) in [5.74, 6) is -3.43. The molecular weight excluding hydrogens is 265 g/mol. The fraction of sp³-hybridized carbons (Fsp3) is 0.182. The summed E-state index contributed by atoms with van der Waals surface area (Å²) in [6.07, 6.45) is -4.79. The Bertz CT molecular complexity index is 566. The number of benzene rings is 1. The van der Waals surface area contributed by atoms with Crippen molar-refractivity contribution in [3.05, 3.63) is 47.6 Å². The van der Waals surface area contributed by atoms with Crippen molar-refractivity contribution in [1.29, 1.82) is 0 Å². The second-order valence-corrected chi connectivity index (χ2v) is 3.48. The number of halogens is 3. The van der Waals surface area contributed by atoms with Crippen LogP contribution in [-0.4, -0.2) is 16.1 Å². The molecule has 0 saturated heterocycles. The third-order valence-corrected chi connectivity index (χ3v) is 2.06. The van der Waals surface area contributed by atoms with E-state index in [-0.39, 0.29) is 6.61 Å². The van der Waals surface area contributed by atoms with E-state index in [9.17, 15) is 18.0 Å². The summed E-state index contributed by atoms with van der Waals surface area (Å²) in [5, 5.41) is 2.91. The van der Waals surface area contributed by atoms with Crippen LogP contribution in [0.5, 0.6) is 0 Å². The number of esters is 1. The predicted molar refractivity (Wildman–Crippen MR) is 54.9 cm³/mol. The smallest absolute Gasteiger partial charge is 0.455 e. The molecule has 0 amide bonds. The highest BCUT2D eigenvalue weighted by Crippen LogP contribution is 2.27. The molecule has 0 fully saturated rings. The number of alkyl halides is 3. The molecule has 0 saturated carbocycles. The van der Waals surface area contributed by atoms with Crippen LogP contribution in [0.25, 0.3) is 0 Å². The zero-order valence-electron chi connectivity index (χ0n) is 9.35. The van der Waals surface area contributed by atoms with Crippen molar-refractivity contribution < 1.29 is 27.2 Å². The van der Waals surface area contributed by atoms with E-state index < -0.39 is 23.9 Å². The zero-order valence-corrected chi connectivity index (χ0v) is 9.35. The molecule has 2 aromatic rings. The van der Waals surface area contributed by atoms with E-state index in [4.69, 9.17) is 4.74 Å². The molecule has 8 heteroatoms. The van der Waals surface area contributed by atoms with E-state index in [1.807, 2.05) is 0 Å². The molecule has 0 atom stereocenters. The van der Waals surface area contributed by atoms with Gasteiger partial charge >= 0.3 is 18.0 Å². The first-order chi connectivity index (χ1) is 8.97. The lowest BCUT2D eigenvalue weighted by Gasteiger charge is -2.01. The van der Waals surface area contributed by atoms with E-state index in [0.29, 0.717) is 5.56 Å². The van der Waals surface area contributed by atoms with Gasteiger partial charge in [0.2, 0.25) is 0 Å². The van der Waals surface area contributed by atoms with Crippen molar-refractivity contribution >= 4 is 5.97 Å². The highest BCUT2D eigenvalue weighted by molar-refractivity contribution is 5.84. The van der Waals surface area contributed by atoms with Gasteiger partial charge in [0.05, 0.1) is 0 Å². The summed E-state index contributed by atoms with van der Waals surface area (Å²) in [5.41, 5.74) is 0.690. The Morgan fingerprint density at radius 1 is 1.26 bits per heavy atom. The minimum atomic E-state index is -4.79. The Morgan fingerprint density at radius 3 is 2.53 bits per heavy atom. The molecule has 0 aliphatic heterocycles. The van der Waals surface area contributed by atoms with Gasteiger partial charge in [0.25, 0.3) is 5.82 Å². The monoisotopic (exact) mass is 272 g/mol. The minimum Gasteiger partial charge on any atom is -0.455 e. The maximum Gasteiger partial charge on any atom is 0.471 e. The maximum atomic E-state index is 12.2. The molecule has 0 N–H and O–H groups in total. The Labute approximate surface area is 105 Å². The Hall–Kier alpha value is -2.38. The van der Waals surface area contributed by atoms with Crippen molar-refractivity contribution in [2.75, 3.05) is 0 Å². The van der Waals surface area contributed by atoms with Crippen LogP contribution in [0.3, 0.4) is 0 Å². The Morgan fingerprint density at radius 2 is 1.95 bits per heavy atom. The molecule has 0 spiro atoms. The molecule has 1 aromatic heterocycles. The first kappa shape index (κ1) is 13.1. The third kappa shape index (κ3) is 3.30. The van der Waals surface area contributed by atoms with Crippen LogP contribution in [0.4, 0.5) is 13.2 Å². The molecule has 0 unspecified atom stereocenters. The molecule has 0 radical (unpaired) electrons. The second-order valence-electron chi connectivity index (χ2n) is 3.48. The van der Waals surface area contributed by atoms with Gasteiger partial charge < -0.3 is 9.26 Å². The average molecular weight is 272 g/mol. The molecule has 1 aromatic carbocycles. The van der Waals surface area contributed by atoms with Crippen LogP contribution in [0, 0.1) is 0 Å². The highest BCUT2D eigenvalue weighted by atomic mass is 19.4. The topological polar surface area (TPSA) is 65.2 Å². The fourth-order valence-electron chi connectivity index (χ4n) is 1.21. The van der Waals surface area contributed by atoms with E-state index in [1.54, 1.807) is 30.3 Å². The van der Waals surface area contributed by atoms with Gasteiger partial charge in [-0.1, -0.05) is 30.3 Å². The van der Waals surface area contributed by atoms with Crippen LogP contribution in [0.2, 0.25) is 0 Å². The van der Waals surface area contributed by atoms with Gasteiger partial charge in [-0.05, 0) is 10.7 Å². The van der Waals surface area contributed by atoms with Gasteiger partial charge in [0, 0.05) is 0 Å². The number of hydrogen-bond acceptors (Lipinski definition) is 5. The lowest BCUT2D eigenvalue weighted by molar-refractivity contribution is -0.159. The quantitative estimate of drug-likeness (QED) is 0.803. The predicted octanol–water partition coefficient (Wildman–Crippen LogP) is 2.45. The molecule has 0 bridgehead atoms. The number of carbonyl (C=O) groups is 1. The van der Waals surface area contributed by atoms with Crippen molar-refractivity contribution in [3.8, 4) is 0 Å². The van der Waals surface area contributed by atoms with Crippen molar-refractivity contribution in [2.45, 2.75) is 12.8 Å². The van der Waals surface area contributed by atoms with Gasteiger partial charge in [-0.3, -0.25) is 0 Å². The number of nitrogens with zero attached hydrogens (tertiary/aromatic N) is 2. The molecular formula is C11H7F3N2O3. The van der Waals surface area contributed by atoms with E-state index in [1.165, 1.54) is 0 Å². The molecule has 19 heavy (non-hydrogen) atoms. The van der Waals surface area contributed by atoms with Crippen molar-refractivity contribution in [2.24, 2.45) is 0 Å². The average Bonchev–Trinajstić information content (AvgIpc) is 2.87. The maximum absolute atomic E-state index is 12.2. The van der Waals surface area contributed by atoms with Gasteiger partial charge in [0.1, 0.15) is 6.61 Å². The molecule has 2 rings (SSSR count). The summed E-state index contributed by atoms with van der Waals surface area (Å²) in [7, 11) is 0. The zero-order chi connectivity index (χ0) is 13.9. The van der Waals surface area contributed by atoms with Crippen LogP contribution >= 0.6 is 0 Å². The van der Waals surface area contributed by atoms with Gasteiger partial charge in [-0.25, -0.2) is 4.79 Å². The SMILES string of the molecule is O=C(OCc1ccccc1)c1noc(C(F)(F)F)n1. The molecule has 5 nitrogen and oxygen atoms in total. The van der Waals surface area contributed by atoms with E-state index >= 15 is 0 Å². The molecule has 1 heterocycles. The summed E-state index contributed by atoms with van der Waals surface area (Å²) in [6.45, 7) is -0.0877. The normalized spacial score (nSPS) is 11.3. The van der Waals surface area contributed by atoms with Crippen LogP contribution < -0.4 is 0 Å². The lowest BCUT2D eigenvalue weighted by atomic mass is 10.2. The number of carbonyl (C=O) groups excluding carboxylic acids is 1. The number of hydrogen-bond donors (Lipinski definition) is 0. The summed E-state index contributed by atoms with van der Waals surface area (Å²) in [4.78, 5) is 14.3. The minimum absolute atomic E-state index is 0.0877. The van der Waals surface area contributed by atoms with E-state index in [2.05, 4.69) is 14.7 Å². The second kappa shape index (κ2) is 5.09. The summed E-state index contributed by atoms with van der Waals surface area (Å²) in [6, 6.07) is 8.65.